The van der Waals surface area contributed by atoms with E-state index in [0.29, 0.717) is 23.6 Å². The summed E-state index contributed by atoms with van der Waals surface area (Å²) < 4.78 is 11.6. The Morgan fingerprint density at radius 3 is 2.62 bits per heavy atom. The van der Waals surface area contributed by atoms with Crippen LogP contribution in [0.3, 0.4) is 0 Å². The van der Waals surface area contributed by atoms with Crippen molar-refractivity contribution in [1.82, 2.24) is 19.9 Å². The quantitative estimate of drug-likeness (QED) is 0.489. The number of rotatable bonds is 3. The number of fused-ring (bicyclic) bond motifs is 1. The fourth-order valence-corrected chi connectivity index (χ4v) is 6.01. The van der Waals surface area contributed by atoms with Crippen molar-refractivity contribution in [3.63, 3.8) is 0 Å². The van der Waals surface area contributed by atoms with Gasteiger partial charge in [-0.1, -0.05) is 35.8 Å². The summed E-state index contributed by atoms with van der Waals surface area (Å²) in [5.74, 6) is 1.68. The summed E-state index contributed by atoms with van der Waals surface area (Å²) in [5.41, 5.74) is 4.00. The van der Waals surface area contributed by atoms with E-state index >= 15 is 0 Å². The number of aromatic nitrogens is 2. The Labute approximate surface area is 219 Å². The SMILES string of the molecule is Cc1noc(C)c1C(=O)N1CCC2(CCCCc3ccccc3OCCN(Cc3cccnc3)C2)CC1. The fourth-order valence-electron chi connectivity index (χ4n) is 6.01. The summed E-state index contributed by atoms with van der Waals surface area (Å²) in [4.78, 5) is 22.2. The summed E-state index contributed by atoms with van der Waals surface area (Å²) >= 11 is 0. The molecule has 2 aromatic heterocycles. The first-order chi connectivity index (χ1) is 18.0. The van der Waals surface area contributed by atoms with E-state index in [1.807, 2.05) is 37.2 Å². The number of aryl methyl sites for hydroxylation is 3. The number of carbonyl (C=O) groups is 1. The Bertz CT molecular complexity index is 1170. The van der Waals surface area contributed by atoms with Crippen LogP contribution < -0.4 is 4.74 Å². The zero-order valence-electron chi connectivity index (χ0n) is 22.1. The molecule has 0 unspecified atom stereocenters. The second kappa shape index (κ2) is 11.5. The maximum absolute atomic E-state index is 13.3. The Morgan fingerprint density at radius 2 is 1.86 bits per heavy atom. The standard InChI is InChI=1S/C30H38N4O3/c1-23-28(24(2)37-32-23)29(35)34-16-13-30(14-17-34)12-6-5-10-26-9-3-4-11-27(26)36-19-18-33(22-30)21-25-8-7-15-31-20-25/h3-4,7-9,11,15,20H,5-6,10,12-14,16-19,21-22H2,1-2H3. The number of hydrogen-bond donors (Lipinski definition) is 0. The molecular weight excluding hydrogens is 464 g/mol. The van der Waals surface area contributed by atoms with Crippen molar-refractivity contribution in [1.29, 1.82) is 0 Å². The number of hydrogen-bond acceptors (Lipinski definition) is 6. The van der Waals surface area contributed by atoms with Crippen LogP contribution in [0.4, 0.5) is 0 Å². The van der Waals surface area contributed by atoms with Crippen LogP contribution in [0.5, 0.6) is 5.75 Å². The van der Waals surface area contributed by atoms with E-state index in [0.717, 1.165) is 64.2 Å². The van der Waals surface area contributed by atoms with Crippen LogP contribution in [0.15, 0.2) is 53.3 Å². The zero-order valence-corrected chi connectivity index (χ0v) is 22.1. The molecule has 7 nitrogen and oxygen atoms in total. The molecule has 0 radical (unpaired) electrons. The highest BCUT2D eigenvalue weighted by Crippen LogP contribution is 2.39. The molecular formula is C30H38N4O3. The first kappa shape index (κ1) is 25.5. The molecule has 1 aromatic carbocycles. The molecule has 4 heterocycles. The molecule has 1 fully saturated rings. The molecule has 196 valence electrons. The topological polar surface area (TPSA) is 71.7 Å². The van der Waals surface area contributed by atoms with Gasteiger partial charge >= 0.3 is 0 Å². The summed E-state index contributed by atoms with van der Waals surface area (Å²) in [5, 5.41) is 3.99. The second-order valence-electron chi connectivity index (χ2n) is 10.7. The Kier molecular flexibility index (Phi) is 7.89. The lowest BCUT2D eigenvalue weighted by atomic mass is 9.73. The number of ether oxygens (including phenoxy) is 1. The highest BCUT2D eigenvalue weighted by Gasteiger charge is 2.38. The average molecular weight is 503 g/mol. The van der Waals surface area contributed by atoms with Crippen molar-refractivity contribution in [3.8, 4) is 5.75 Å². The van der Waals surface area contributed by atoms with Crippen molar-refractivity contribution in [3.05, 3.63) is 76.9 Å². The summed E-state index contributed by atoms with van der Waals surface area (Å²) in [6.45, 7) is 8.56. The Hall–Kier alpha value is -3.19. The number of nitrogens with zero attached hydrogens (tertiary/aromatic N) is 4. The number of carbonyl (C=O) groups excluding carboxylic acids is 1. The second-order valence-corrected chi connectivity index (χ2v) is 10.7. The van der Waals surface area contributed by atoms with Crippen LogP contribution in [0.25, 0.3) is 0 Å². The van der Waals surface area contributed by atoms with Crippen LogP contribution in [-0.2, 0) is 13.0 Å². The third-order valence-electron chi connectivity index (χ3n) is 8.09. The van der Waals surface area contributed by atoms with Crippen LogP contribution >= 0.6 is 0 Å². The predicted octanol–water partition coefficient (Wildman–Crippen LogP) is 5.22. The van der Waals surface area contributed by atoms with Crippen molar-refractivity contribution in [2.24, 2.45) is 5.41 Å². The molecule has 37 heavy (non-hydrogen) atoms. The molecule has 7 heteroatoms. The van der Waals surface area contributed by atoms with E-state index in [1.165, 1.54) is 24.0 Å². The van der Waals surface area contributed by atoms with E-state index in [2.05, 4.69) is 45.4 Å². The van der Waals surface area contributed by atoms with E-state index < -0.39 is 0 Å². The summed E-state index contributed by atoms with van der Waals surface area (Å²) in [6.07, 6.45) is 10.3. The van der Waals surface area contributed by atoms with Gasteiger partial charge in [-0.2, -0.15) is 0 Å². The molecule has 1 spiro atoms. The molecule has 1 saturated heterocycles. The zero-order chi connectivity index (χ0) is 25.7. The van der Waals surface area contributed by atoms with E-state index in [-0.39, 0.29) is 11.3 Å². The molecule has 0 bridgehead atoms. The fraction of sp³-hybridized carbons (Fsp3) is 0.500. The molecule has 1 amide bonds. The van der Waals surface area contributed by atoms with E-state index in [4.69, 9.17) is 9.26 Å². The van der Waals surface area contributed by atoms with Crippen LogP contribution in [0, 0.1) is 19.3 Å². The maximum atomic E-state index is 13.3. The molecule has 2 aliphatic rings. The minimum Gasteiger partial charge on any atom is -0.492 e. The van der Waals surface area contributed by atoms with Gasteiger partial charge in [-0.3, -0.25) is 14.7 Å². The number of likely N-dealkylation sites (tertiary alicyclic amines) is 1. The highest BCUT2D eigenvalue weighted by molar-refractivity contribution is 5.96. The Balaban J connectivity index is 1.33. The molecule has 3 aromatic rings. The maximum Gasteiger partial charge on any atom is 0.259 e. The van der Waals surface area contributed by atoms with Crippen molar-refractivity contribution in [2.45, 2.75) is 58.9 Å². The molecule has 0 aliphatic carbocycles. The van der Waals surface area contributed by atoms with E-state index in [1.54, 1.807) is 0 Å². The highest BCUT2D eigenvalue weighted by atomic mass is 16.5. The number of pyridine rings is 1. The first-order valence-corrected chi connectivity index (χ1v) is 13.6. The lowest BCUT2D eigenvalue weighted by Gasteiger charge is -2.45. The average Bonchev–Trinajstić information content (AvgIpc) is 3.25. The van der Waals surface area contributed by atoms with E-state index in [9.17, 15) is 4.79 Å². The smallest absolute Gasteiger partial charge is 0.259 e. The number of benzene rings is 1. The van der Waals surface area contributed by atoms with Crippen LogP contribution in [0.1, 0.15) is 65.0 Å². The van der Waals surface area contributed by atoms with Gasteiger partial charge in [0.2, 0.25) is 0 Å². The molecule has 0 saturated carbocycles. The third-order valence-corrected chi connectivity index (χ3v) is 8.09. The van der Waals surface area contributed by atoms with Crippen molar-refractivity contribution < 1.29 is 14.1 Å². The number of piperidine rings is 1. The van der Waals surface area contributed by atoms with Gasteiger partial charge in [0.25, 0.3) is 5.91 Å². The van der Waals surface area contributed by atoms with Gasteiger partial charge in [-0.05, 0) is 74.6 Å². The van der Waals surface area contributed by atoms with Gasteiger partial charge in [0, 0.05) is 45.1 Å². The summed E-state index contributed by atoms with van der Waals surface area (Å²) in [6, 6.07) is 12.6. The van der Waals surface area contributed by atoms with Gasteiger partial charge < -0.3 is 14.2 Å². The molecule has 0 N–H and O–H groups in total. The largest absolute Gasteiger partial charge is 0.492 e. The number of para-hydroxylation sites is 1. The van der Waals surface area contributed by atoms with Gasteiger partial charge in [-0.15, -0.1) is 0 Å². The minimum absolute atomic E-state index is 0.0523. The monoisotopic (exact) mass is 502 g/mol. The normalized spacial score (nSPS) is 18.9. The lowest BCUT2D eigenvalue weighted by molar-refractivity contribution is 0.0359. The minimum atomic E-state index is 0.0523. The van der Waals surface area contributed by atoms with Gasteiger partial charge in [-0.25, -0.2) is 0 Å². The summed E-state index contributed by atoms with van der Waals surface area (Å²) in [7, 11) is 0. The third kappa shape index (κ3) is 6.04. The lowest BCUT2D eigenvalue weighted by Crippen LogP contribution is -2.48. The van der Waals surface area contributed by atoms with Crippen molar-refractivity contribution >= 4 is 5.91 Å². The van der Waals surface area contributed by atoms with Gasteiger partial charge in [0.05, 0.1) is 5.69 Å². The number of amides is 1. The van der Waals surface area contributed by atoms with Crippen LogP contribution in [0.2, 0.25) is 0 Å². The van der Waals surface area contributed by atoms with Gasteiger partial charge in [0.15, 0.2) is 0 Å². The predicted molar refractivity (Wildman–Crippen MR) is 143 cm³/mol. The molecule has 0 atom stereocenters. The first-order valence-electron chi connectivity index (χ1n) is 13.6. The molecule has 5 rings (SSSR count). The van der Waals surface area contributed by atoms with Crippen LogP contribution in [-0.4, -0.2) is 58.6 Å². The molecule has 2 aliphatic heterocycles. The van der Waals surface area contributed by atoms with Gasteiger partial charge in [0.1, 0.15) is 23.7 Å². The van der Waals surface area contributed by atoms with Crippen molar-refractivity contribution in [2.75, 3.05) is 32.8 Å². The Morgan fingerprint density at radius 1 is 1.03 bits per heavy atom.